The Hall–Kier alpha value is -1.46. The third kappa shape index (κ3) is 3.78. The van der Waals surface area contributed by atoms with E-state index in [4.69, 9.17) is 5.73 Å². The molecule has 1 saturated carbocycles. The number of carbonyl (C=O) groups excluding carboxylic acids is 1. The first-order valence-corrected chi connectivity index (χ1v) is 9.18. The van der Waals surface area contributed by atoms with E-state index in [1.165, 1.54) is 25.7 Å². The molecule has 0 spiro atoms. The van der Waals surface area contributed by atoms with E-state index >= 15 is 0 Å². The first-order valence-electron chi connectivity index (χ1n) is 9.18. The van der Waals surface area contributed by atoms with Gasteiger partial charge in [-0.1, -0.05) is 31.7 Å². The molecule has 5 heteroatoms. The lowest BCUT2D eigenvalue weighted by molar-refractivity contribution is -0.137. The zero-order valence-corrected chi connectivity index (χ0v) is 14.6. The summed E-state index contributed by atoms with van der Waals surface area (Å²) in [6.07, 6.45) is 8.58. The molecule has 1 saturated heterocycles. The summed E-state index contributed by atoms with van der Waals surface area (Å²) in [5, 5.41) is 10.9. The van der Waals surface area contributed by atoms with E-state index in [0.29, 0.717) is 37.5 Å². The average molecular weight is 331 g/mol. The van der Waals surface area contributed by atoms with E-state index in [2.05, 4.69) is 4.98 Å². The van der Waals surface area contributed by atoms with Crippen LogP contribution in [-0.4, -0.2) is 40.0 Å². The van der Waals surface area contributed by atoms with E-state index in [1.54, 1.807) is 6.20 Å². The van der Waals surface area contributed by atoms with Gasteiger partial charge in [-0.3, -0.25) is 9.78 Å². The zero-order chi connectivity index (χ0) is 17.2. The van der Waals surface area contributed by atoms with Crippen LogP contribution in [0.1, 0.15) is 56.2 Å². The number of aryl methyl sites for hydroxylation is 1. The maximum atomic E-state index is 12.6. The van der Waals surface area contributed by atoms with E-state index in [-0.39, 0.29) is 5.91 Å². The molecule has 3 N–H and O–H groups in total. The fraction of sp³-hybridized carbons (Fsp3) is 0.684. The van der Waals surface area contributed by atoms with Crippen molar-refractivity contribution in [1.82, 2.24) is 9.88 Å². The van der Waals surface area contributed by atoms with Gasteiger partial charge in [0.25, 0.3) is 0 Å². The van der Waals surface area contributed by atoms with Gasteiger partial charge >= 0.3 is 0 Å². The number of nitrogens with zero attached hydrogens (tertiary/aromatic N) is 2. The fourth-order valence-electron chi connectivity index (χ4n) is 4.04. The highest BCUT2D eigenvalue weighted by Gasteiger charge is 2.37. The summed E-state index contributed by atoms with van der Waals surface area (Å²) in [7, 11) is 0. The Morgan fingerprint density at radius 1 is 1.38 bits per heavy atom. The molecule has 132 valence electrons. The smallest absolute Gasteiger partial charge is 0.239 e. The third-order valence-corrected chi connectivity index (χ3v) is 5.67. The Labute approximate surface area is 144 Å². The lowest BCUT2D eigenvalue weighted by Crippen LogP contribution is -2.51. The van der Waals surface area contributed by atoms with Gasteiger partial charge in [-0.05, 0) is 43.7 Å². The Balaban J connectivity index is 1.55. The van der Waals surface area contributed by atoms with Crippen molar-refractivity contribution in [3.8, 4) is 0 Å². The molecule has 1 aromatic heterocycles. The molecule has 1 aliphatic heterocycles. The zero-order valence-electron chi connectivity index (χ0n) is 14.6. The second-order valence-electron chi connectivity index (χ2n) is 7.57. The Morgan fingerprint density at radius 3 is 2.62 bits per heavy atom. The van der Waals surface area contributed by atoms with Crippen molar-refractivity contribution in [1.29, 1.82) is 0 Å². The number of likely N-dealkylation sites (tertiary alicyclic amines) is 1. The lowest BCUT2D eigenvalue weighted by atomic mass is 9.87. The number of carbonyl (C=O) groups is 1. The molecule has 1 aromatic rings. The van der Waals surface area contributed by atoms with Crippen LogP contribution < -0.4 is 5.73 Å². The largest absolute Gasteiger partial charge is 0.383 e. The van der Waals surface area contributed by atoms with Gasteiger partial charge in [0.15, 0.2) is 0 Å². The van der Waals surface area contributed by atoms with Crippen LogP contribution in [0.4, 0.5) is 0 Å². The number of hydrogen-bond acceptors (Lipinski definition) is 4. The number of amides is 1. The molecule has 2 fully saturated rings. The Kier molecular flexibility index (Phi) is 5.21. The summed E-state index contributed by atoms with van der Waals surface area (Å²) in [6.45, 7) is 3.07. The Bertz CT molecular complexity index is 558. The van der Waals surface area contributed by atoms with Crippen LogP contribution in [0.5, 0.6) is 0 Å². The standard InChI is InChI=1S/C19H29N3O2/c1-14-6-7-17(21-13-14)19(24)8-10-22(11-9-19)18(23)16(20)12-15-4-2-3-5-15/h6-7,13,15-16,24H,2-5,8-12,20H2,1H3. The monoisotopic (exact) mass is 331 g/mol. The van der Waals surface area contributed by atoms with Crippen molar-refractivity contribution in [3.05, 3.63) is 29.6 Å². The third-order valence-electron chi connectivity index (χ3n) is 5.67. The molecule has 2 heterocycles. The normalized spacial score (nSPS) is 22.5. The summed E-state index contributed by atoms with van der Waals surface area (Å²) < 4.78 is 0. The highest BCUT2D eigenvalue weighted by atomic mass is 16.3. The van der Waals surface area contributed by atoms with E-state index in [1.807, 2.05) is 24.0 Å². The van der Waals surface area contributed by atoms with Gasteiger partial charge < -0.3 is 15.7 Å². The molecule has 1 amide bonds. The highest BCUT2D eigenvalue weighted by molar-refractivity contribution is 5.81. The predicted octanol–water partition coefficient (Wildman–Crippen LogP) is 2.11. The van der Waals surface area contributed by atoms with Gasteiger partial charge in [-0.15, -0.1) is 0 Å². The predicted molar refractivity (Wildman–Crippen MR) is 93.2 cm³/mol. The molecule has 3 rings (SSSR count). The van der Waals surface area contributed by atoms with Crippen molar-refractivity contribution in [3.63, 3.8) is 0 Å². The molecule has 0 bridgehead atoms. The summed E-state index contributed by atoms with van der Waals surface area (Å²) in [4.78, 5) is 18.8. The van der Waals surface area contributed by atoms with Crippen LogP contribution in [0, 0.1) is 12.8 Å². The molecular weight excluding hydrogens is 302 g/mol. The molecule has 0 radical (unpaired) electrons. The fourth-order valence-corrected chi connectivity index (χ4v) is 4.04. The number of rotatable bonds is 4. The van der Waals surface area contributed by atoms with Crippen molar-refractivity contribution < 1.29 is 9.90 Å². The van der Waals surface area contributed by atoms with E-state index in [0.717, 1.165) is 12.0 Å². The minimum atomic E-state index is -0.931. The quantitative estimate of drug-likeness (QED) is 0.885. The number of pyridine rings is 1. The van der Waals surface area contributed by atoms with Crippen LogP contribution in [-0.2, 0) is 10.4 Å². The minimum absolute atomic E-state index is 0.0424. The van der Waals surface area contributed by atoms with Gasteiger partial charge in [0.2, 0.25) is 5.91 Å². The first kappa shape index (κ1) is 17.4. The molecule has 1 aliphatic carbocycles. The number of hydrogen-bond donors (Lipinski definition) is 2. The van der Waals surface area contributed by atoms with Crippen LogP contribution in [0.15, 0.2) is 18.3 Å². The van der Waals surface area contributed by atoms with E-state index in [9.17, 15) is 9.90 Å². The van der Waals surface area contributed by atoms with Crippen LogP contribution in [0.25, 0.3) is 0 Å². The van der Waals surface area contributed by atoms with Gasteiger partial charge in [0, 0.05) is 19.3 Å². The number of nitrogens with two attached hydrogens (primary N) is 1. The maximum absolute atomic E-state index is 12.6. The topological polar surface area (TPSA) is 79.5 Å². The van der Waals surface area contributed by atoms with Crippen molar-refractivity contribution in [2.45, 2.75) is 63.5 Å². The molecule has 1 unspecified atom stereocenters. The van der Waals surface area contributed by atoms with E-state index < -0.39 is 11.6 Å². The SMILES string of the molecule is Cc1ccc(C2(O)CCN(C(=O)C(N)CC3CCCC3)CC2)nc1. The van der Waals surface area contributed by atoms with Crippen LogP contribution in [0.2, 0.25) is 0 Å². The van der Waals surface area contributed by atoms with Crippen molar-refractivity contribution >= 4 is 5.91 Å². The lowest BCUT2D eigenvalue weighted by Gasteiger charge is -2.38. The van der Waals surface area contributed by atoms with Gasteiger partial charge in [-0.2, -0.15) is 0 Å². The summed E-state index contributed by atoms with van der Waals surface area (Å²) in [6, 6.07) is 3.46. The molecule has 0 aromatic carbocycles. The van der Waals surface area contributed by atoms with Gasteiger partial charge in [0.1, 0.15) is 5.60 Å². The molecule has 5 nitrogen and oxygen atoms in total. The average Bonchev–Trinajstić information content (AvgIpc) is 3.08. The summed E-state index contributed by atoms with van der Waals surface area (Å²) in [5.74, 6) is 0.656. The summed E-state index contributed by atoms with van der Waals surface area (Å²) in [5.41, 5.74) is 7.01. The van der Waals surface area contributed by atoms with Gasteiger partial charge in [-0.25, -0.2) is 0 Å². The minimum Gasteiger partial charge on any atom is -0.383 e. The maximum Gasteiger partial charge on any atom is 0.239 e. The molecule has 24 heavy (non-hydrogen) atoms. The Morgan fingerprint density at radius 2 is 2.04 bits per heavy atom. The highest BCUT2D eigenvalue weighted by Crippen LogP contribution is 2.32. The second kappa shape index (κ2) is 7.19. The van der Waals surface area contributed by atoms with Crippen molar-refractivity contribution in [2.24, 2.45) is 11.7 Å². The molecule has 2 aliphatic rings. The summed E-state index contributed by atoms with van der Waals surface area (Å²) >= 11 is 0. The van der Waals surface area contributed by atoms with Crippen molar-refractivity contribution in [2.75, 3.05) is 13.1 Å². The van der Waals surface area contributed by atoms with Crippen LogP contribution in [0.3, 0.4) is 0 Å². The first-order chi connectivity index (χ1) is 11.5. The van der Waals surface area contributed by atoms with Gasteiger partial charge in [0.05, 0.1) is 11.7 Å². The van der Waals surface area contributed by atoms with Crippen LogP contribution >= 0.6 is 0 Å². The number of aliphatic hydroxyl groups is 1. The molecular formula is C19H29N3O2. The second-order valence-corrected chi connectivity index (χ2v) is 7.57. The number of piperidine rings is 1. The molecule has 1 atom stereocenters. The number of aromatic nitrogens is 1.